The zero-order valence-corrected chi connectivity index (χ0v) is 8.24. The summed E-state index contributed by atoms with van der Waals surface area (Å²) < 4.78 is 4.97. The predicted octanol–water partition coefficient (Wildman–Crippen LogP) is 1.43. The normalized spacial score (nSPS) is 25.2. The molecule has 3 heteroatoms. The van der Waals surface area contributed by atoms with Crippen molar-refractivity contribution in [1.82, 2.24) is 0 Å². The summed E-state index contributed by atoms with van der Waals surface area (Å²) in [6.07, 6.45) is 3.98. The largest absolute Gasteiger partial charge is 0.465 e. The number of cyclic esters (lactones) is 1. The number of allylic oxidation sites excluding steroid dienone is 2. The molecule has 0 bridgehead atoms. The SMILES string of the molecule is C=CCC1(CC=C)C(=O)OCCC1O. The number of rotatable bonds is 4. The highest BCUT2D eigenvalue weighted by molar-refractivity contribution is 5.78. The molecule has 0 aromatic carbocycles. The topological polar surface area (TPSA) is 46.5 Å². The number of esters is 1. The van der Waals surface area contributed by atoms with Crippen LogP contribution in [-0.4, -0.2) is 23.8 Å². The number of hydrogen-bond acceptors (Lipinski definition) is 3. The summed E-state index contributed by atoms with van der Waals surface area (Å²) in [5.74, 6) is -0.337. The zero-order chi connectivity index (χ0) is 10.6. The van der Waals surface area contributed by atoms with E-state index in [-0.39, 0.29) is 5.97 Å². The van der Waals surface area contributed by atoms with Gasteiger partial charge in [0.25, 0.3) is 0 Å². The van der Waals surface area contributed by atoms with E-state index in [4.69, 9.17) is 4.74 Å². The summed E-state index contributed by atoms with van der Waals surface area (Å²) >= 11 is 0. The lowest BCUT2D eigenvalue weighted by Gasteiger charge is -2.37. The molecule has 1 aliphatic rings. The second kappa shape index (κ2) is 4.42. The second-order valence-electron chi connectivity index (χ2n) is 3.58. The molecule has 0 saturated carbocycles. The molecule has 1 unspecified atom stereocenters. The first-order valence-corrected chi connectivity index (χ1v) is 4.74. The van der Waals surface area contributed by atoms with Gasteiger partial charge in [0.2, 0.25) is 0 Å². The first-order chi connectivity index (χ1) is 6.67. The lowest BCUT2D eigenvalue weighted by molar-refractivity contribution is -0.174. The van der Waals surface area contributed by atoms with Crippen molar-refractivity contribution in [2.24, 2.45) is 5.41 Å². The van der Waals surface area contributed by atoms with Crippen molar-refractivity contribution >= 4 is 5.97 Å². The minimum absolute atomic E-state index is 0.302. The number of aliphatic hydroxyl groups excluding tert-OH is 1. The summed E-state index contributed by atoms with van der Waals surface area (Å²) in [5.41, 5.74) is -0.845. The van der Waals surface area contributed by atoms with E-state index < -0.39 is 11.5 Å². The van der Waals surface area contributed by atoms with Gasteiger partial charge in [0.1, 0.15) is 5.41 Å². The van der Waals surface area contributed by atoms with Crippen molar-refractivity contribution in [2.45, 2.75) is 25.4 Å². The van der Waals surface area contributed by atoms with Crippen molar-refractivity contribution in [3.63, 3.8) is 0 Å². The van der Waals surface area contributed by atoms with Gasteiger partial charge in [-0.3, -0.25) is 4.79 Å². The molecule has 0 radical (unpaired) electrons. The summed E-state index contributed by atoms with van der Waals surface area (Å²) in [6.45, 7) is 7.50. The van der Waals surface area contributed by atoms with Crippen LogP contribution in [-0.2, 0) is 9.53 Å². The molecule has 1 fully saturated rings. The standard InChI is InChI=1S/C11H16O3/c1-3-6-11(7-4-2)9(12)5-8-14-10(11)13/h3-4,9,12H,1-2,5-8H2. The predicted molar refractivity (Wildman–Crippen MR) is 53.6 cm³/mol. The van der Waals surface area contributed by atoms with Crippen LogP contribution in [0.2, 0.25) is 0 Å². The molecule has 1 saturated heterocycles. The van der Waals surface area contributed by atoms with Gasteiger partial charge in [-0.05, 0) is 12.8 Å². The zero-order valence-electron chi connectivity index (χ0n) is 8.24. The van der Waals surface area contributed by atoms with Crippen LogP contribution < -0.4 is 0 Å². The summed E-state index contributed by atoms with van der Waals surface area (Å²) in [5, 5.41) is 9.86. The van der Waals surface area contributed by atoms with Crippen molar-refractivity contribution in [3.8, 4) is 0 Å². The Morgan fingerprint density at radius 1 is 1.50 bits per heavy atom. The average Bonchev–Trinajstić information content (AvgIpc) is 2.15. The molecule has 0 spiro atoms. The smallest absolute Gasteiger partial charge is 0.315 e. The van der Waals surface area contributed by atoms with Crippen LogP contribution in [0.3, 0.4) is 0 Å². The lowest BCUT2D eigenvalue weighted by Crippen LogP contribution is -2.47. The molecule has 0 aromatic rings. The van der Waals surface area contributed by atoms with Crippen molar-refractivity contribution in [1.29, 1.82) is 0 Å². The number of carbonyl (C=O) groups excluding carboxylic acids is 1. The molecule has 3 nitrogen and oxygen atoms in total. The van der Waals surface area contributed by atoms with E-state index in [1.54, 1.807) is 12.2 Å². The first kappa shape index (κ1) is 11.0. The van der Waals surface area contributed by atoms with Gasteiger partial charge in [0, 0.05) is 6.42 Å². The summed E-state index contributed by atoms with van der Waals surface area (Å²) in [6, 6.07) is 0. The van der Waals surface area contributed by atoms with Crippen molar-refractivity contribution < 1.29 is 14.6 Å². The fourth-order valence-corrected chi connectivity index (χ4v) is 1.86. The molecule has 1 aliphatic heterocycles. The Kier molecular flexibility index (Phi) is 3.47. The molecule has 0 amide bonds. The van der Waals surface area contributed by atoms with Crippen LogP contribution in [0.1, 0.15) is 19.3 Å². The quantitative estimate of drug-likeness (QED) is 0.546. The molecule has 1 atom stereocenters. The summed E-state index contributed by atoms with van der Waals surface area (Å²) in [4.78, 5) is 11.6. The molecule has 78 valence electrons. The third-order valence-electron chi connectivity index (χ3n) is 2.69. The van der Waals surface area contributed by atoms with Gasteiger partial charge in [-0.1, -0.05) is 12.2 Å². The fraction of sp³-hybridized carbons (Fsp3) is 0.545. The van der Waals surface area contributed by atoms with E-state index in [1.165, 1.54) is 0 Å². The second-order valence-corrected chi connectivity index (χ2v) is 3.58. The van der Waals surface area contributed by atoms with E-state index in [0.29, 0.717) is 25.9 Å². The van der Waals surface area contributed by atoms with Gasteiger partial charge in [-0.2, -0.15) is 0 Å². The van der Waals surface area contributed by atoms with Crippen LogP contribution in [0.25, 0.3) is 0 Å². The molecule has 1 rings (SSSR count). The van der Waals surface area contributed by atoms with Gasteiger partial charge < -0.3 is 9.84 Å². The Morgan fingerprint density at radius 2 is 2.07 bits per heavy atom. The van der Waals surface area contributed by atoms with E-state index in [0.717, 1.165) is 0 Å². The van der Waals surface area contributed by atoms with Crippen LogP contribution in [0.15, 0.2) is 25.3 Å². The Hall–Kier alpha value is -1.09. The maximum atomic E-state index is 11.6. The third-order valence-corrected chi connectivity index (χ3v) is 2.69. The third kappa shape index (κ3) is 1.73. The summed E-state index contributed by atoms with van der Waals surface area (Å²) in [7, 11) is 0. The maximum absolute atomic E-state index is 11.6. The highest BCUT2D eigenvalue weighted by Crippen LogP contribution is 2.37. The van der Waals surface area contributed by atoms with Gasteiger partial charge in [-0.25, -0.2) is 0 Å². The lowest BCUT2D eigenvalue weighted by atomic mass is 9.74. The Balaban J connectivity index is 2.93. The van der Waals surface area contributed by atoms with Crippen LogP contribution >= 0.6 is 0 Å². The van der Waals surface area contributed by atoms with Crippen LogP contribution in [0, 0.1) is 5.41 Å². The molecule has 1 N–H and O–H groups in total. The molecular weight excluding hydrogens is 180 g/mol. The van der Waals surface area contributed by atoms with Gasteiger partial charge in [-0.15, -0.1) is 13.2 Å². The fourth-order valence-electron chi connectivity index (χ4n) is 1.86. The minimum Gasteiger partial charge on any atom is -0.465 e. The first-order valence-electron chi connectivity index (χ1n) is 4.74. The van der Waals surface area contributed by atoms with Crippen LogP contribution in [0.5, 0.6) is 0 Å². The number of ether oxygens (including phenoxy) is 1. The molecule has 0 aromatic heterocycles. The van der Waals surface area contributed by atoms with Gasteiger partial charge in [0.05, 0.1) is 12.7 Å². The van der Waals surface area contributed by atoms with E-state index in [1.807, 2.05) is 0 Å². The van der Waals surface area contributed by atoms with E-state index in [2.05, 4.69) is 13.2 Å². The van der Waals surface area contributed by atoms with E-state index in [9.17, 15) is 9.90 Å². The average molecular weight is 196 g/mol. The molecule has 0 aliphatic carbocycles. The highest BCUT2D eigenvalue weighted by Gasteiger charge is 2.46. The monoisotopic (exact) mass is 196 g/mol. The minimum atomic E-state index is -0.845. The molecule has 1 heterocycles. The van der Waals surface area contributed by atoms with Gasteiger partial charge in [0.15, 0.2) is 0 Å². The Bertz CT molecular complexity index is 235. The molecular formula is C11H16O3. The molecule has 14 heavy (non-hydrogen) atoms. The number of hydrogen-bond donors (Lipinski definition) is 1. The maximum Gasteiger partial charge on any atom is 0.315 e. The van der Waals surface area contributed by atoms with Gasteiger partial charge >= 0.3 is 5.97 Å². The Labute approximate surface area is 84.1 Å². The van der Waals surface area contributed by atoms with Crippen molar-refractivity contribution in [2.75, 3.05) is 6.61 Å². The number of carbonyl (C=O) groups is 1. The highest BCUT2D eigenvalue weighted by atomic mass is 16.5. The Morgan fingerprint density at radius 3 is 2.50 bits per heavy atom. The van der Waals surface area contributed by atoms with Crippen LogP contribution in [0.4, 0.5) is 0 Å². The van der Waals surface area contributed by atoms with E-state index >= 15 is 0 Å². The number of aliphatic hydroxyl groups is 1. The van der Waals surface area contributed by atoms with Crippen molar-refractivity contribution in [3.05, 3.63) is 25.3 Å².